The molecule has 2 rings (SSSR count). The summed E-state index contributed by atoms with van der Waals surface area (Å²) in [5.74, 6) is 2.55. The zero-order valence-corrected chi connectivity index (χ0v) is 12.9. The predicted octanol–water partition coefficient (Wildman–Crippen LogP) is 2.76. The molecule has 0 saturated heterocycles. The maximum Gasteiger partial charge on any atom is 0.161 e. The lowest BCUT2D eigenvalue weighted by atomic mass is 10.1. The SMILES string of the molecule is COc1ccc(C(O)Cn2ccnc2C(C)C)cc1OC. The second-order valence-electron chi connectivity index (χ2n) is 5.22. The second-order valence-corrected chi connectivity index (χ2v) is 5.22. The first-order valence-corrected chi connectivity index (χ1v) is 6.97. The van der Waals surface area contributed by atoms with Crippen molar-refractivity contribution >= 4 is 0 Å². The van der Waals surface area contributed by atoms with Gasteiger partial charge >= 0.3 is 0 Å². The lowest BCUT2D eigenvalue weighted by Crippen LogP contribution is -2.12. The summed E-state index contributed by atoms with van der Waals surface area (Å²) in [5, 5.41) is 10.4. The molecule has 0 fully saturated rings. The van der Waals surface area contributed by atoms with Gasteiger partial charge in [0.15, 0.2) is 11.5 Å². The van der Waals surface area contributed by atoms with Gasteiger partial charge in [0.25, 0.3) is 0 Å². The smallest absolute Gasteiger partial charge is 0.161 e. The van der Waals surface area contributed by atoms with E-state index in [0.717, 1.165) is 11.4 Å². The van der Waals surface area contributed by atoms with E-state index in [1.165, 1.54) is 0 Å². The summed E-state index contributed by atoms with van der Waals surface area (Å²) in [6.45, 7) is 4.63. The van der Waals surface area contributed by atoms with Crippen LogP contribution in [0.1, 0.15) is 37.3 Å². The van der Waals surface area contributed by atoms with E-state index in [4.69, 9.17) is 9.47 Å². The van der Waals surface area contributed by atoms with Gasteiger partial charge in [-0.2, -0.15) is 0 Å². The fourth-order valence-corrected chi connectivity index (χ4v) is 2.33. The molecule has 21 heavy (non-hydrogen) atoms. The molecule has 2 aromatic rings. The lowest BCUT2D eigenvalue weighted by Gasteiger charge is -2.17. The maximum absolute atomic E-state index is 10.4. The highest BCUT2D eigenvalue weighted by Gasteiger charge is 2.15. The number of imidazole rings is 1. The van der Waals surface area contributed by atoms with Crippen molar-refractivity contribution in [3.8, 4) is 11.5 Å². The second kappa shape index (κ2) is 6.63. The number of rotatable bonds is 6. The maximum atomic E-state index is 10.4. The minimum absolute atomic E-state index is 0.317. The van der Waals surface area contributed by atoms with Crippen LogP contribution in [0.5, 0.6) is 11.5 Å². The number of aliphatic hydroxyl groups excluding tert-OH is 1. The molecule has 5 heteroatoms. The van der Waals surface area contributed by atoms with E-state index in [9.17, 15) is 5.11 Å². The monoisotopic (exact) mass is 290 g/mol. The third-order valence-corrected chi connectivity index (χ3v) is 3.43. The van der Waals surface area contributed by atoms with Crippen LogP contribution >= 0.6 is 0 Å². The van der Waals surface area contributed by atoms with Crippen LogP contribution in [0.25, 0.3) is 0 Å². The van der Waals surface area contributed by atoms with Crippen molar-refractivity contribution < 1.29 is 14.6 Å². The van der Waals surface area contributed by atoms with Gasteiger partial charge in [0.1, 0.15) is 5.82 Å². The van der Waals surface area contributed by atoms with Crippen LogP contribution in [0, 0.1) is 0 Å². The average Bonchev–Trinajstić information content (AvgIpc) is 2.94. The highest BCUT2D eigenvalue weighted by Crippen LogP contribution is 2.30. The van der Waals surface area contributed by atoms with Crippen molar-refractivity contribution in [3.63, 3.8) is 0 Å². The number of aliphatic hydroxyl groups is 1. The van der Waals surface area contributed by atoms with Gasteiger partial charge in [-0.3, -0.25) is 0 Å². The molecule has 0 aliphatic carbocycles. The highest BCUT2D eigenvalue weighted by atomic mass is 16.5. The normalized spacial score (nSPS) is 12.5. The summed E-state index contributed by atoms with van der Waals surface area (Å²) in [4.78, 5) is 4.33. The molecule has 0 aliphatic heterocycles. The van der Waals surface area contributed by atoms with Gasteiger partial charge in [-0.15, -0.1) is 0 Å². The molecule has 1 atom stereocenters. The average molecular weight is 290 g/mol. The molecular formula is C16H22N2O3. The van der Waals surface area contributed by atoms with Crippen molar-refractivity contribution in [2.45, 2.75) is 32.4 Å². The molecule has 1 aromatic heterocycles. The molecule has 0 bridgehead atoms. The summed E-state index contributed by atoms with van der Waals surface area (Å²) in [7, 11) is 3.18. The Bertz CT molecular complexity index is 593. The molecule has 5 nitrogen and oxygen atoms in total. The van der Waals surface area contributed by atoms with Crippen LogP contribution in [0.4, 0.5) is 0 Å². The minimum atomic E-state index is -0.628. The van der Waals surface area contributed by atoms with Crippen molar-refractivity contribution in [1.29, 1.82) is 0 Å². The predicted molar refractivity (Wildman–Crippen MR) is 80.8 cm³/mol. The van der Waals surface area contributed by atoms with E-state index in [2.05, 4.69) is 18.8 Å². The van der Waals surface area contributed by atoms with Crippen molar-refractivity contribution in [2.75, 3.05) is 14.2 Å². The largest absolute Gasteiger partial charge is 0.493 e. The highest BCUT2D eigenvalue weighted by molar-refractivity contribution is 5.43. The van der Waals surface area contributed by atoms with E-state index in [1.54, 1.807) is 32.5 Å². The zero-order chi connectivity index (χ0) is 15.4. The van der Waals surface area contributed by atoms with Gasteiger partial charge in [0.2, 0.25) is 0 Å². The summed E-state index contributed by atoms with van der Waals surface area (Å²) in [6.07, 6.45) is 3.02. The van der Waals surface area contributed by atoms with Crippen LogP contribution in [0.15, 0.2) is 30.6 Å². The third-order valence-electron chi connectivity index (χ3n) is 3.43. The van der Waals surface area contributed by atoms with Crippen LogP contribution in [-0.2, 0) is 6.54 Å². The number of hydrogen-bond donors (Lipinski definition) is 1. The molecule has 0 saturated carbocycles. The molecule has 1 unspecified atom stereocenters. The number of aromatic nitrogens is 2. The molecule has 1 N–H and O–H groups in total. The number of benzene rings is 1. The van der Waals surface area contributed by atoms with Gasteiger partial charge < -0.3 is 19.1 Å². The first kappa shape index (κ1) is 15.4. The summed E-state index contributed by atoms with van der Waals surface area (Å²) < 4.78 is 12.5. The van der Waals surface area contributed by atoms with Crippen molar-refractivity contribution in [2.24, 2.45) is 0 Å². The van der Waals surface area contributed by atoms with E-state index < -0.39 is 6.10 Å². The zero-order valence-electron chi connectivity index (χ0n) is 12.9. The first-order valence-electron chi connectivity index (χ1n) is 6.97. The Kier molecular flexibility index (Phi) is 4.85. The van der Waals surface area contributed by atoms with E-state index in [-0.39, 0.29) is 0 Å². The molecule has 114 valence electrons. The van der Waals surface area contributed by atoms with Crippen molar-refractivity contribution in [1.82, 2.24) is 9.55 Å². The fourth-order valence-electron chi connectivity index (χ4n) is 2.33. The fraction of sp³-hybridized carbons (Fsp3) is 0.438. The van der Waals surface area contributed by atoms with Gasteiger partial charge in [-0.1, -0.05) is 19.9 Å². The Hall–Kier alpha value is -2.01. The Morgan fingerprint density at radius 2 is 1.90 bits per heavy atom. The molecule has 0 amide bonds. The Balaban J connectivity index is 2.20. The standard InChI is InChI=1S/C16H22N2O3/c1-11(2)16-17-7-8-18(16)10-13(19)12-5-6-14(20-3)15(9-12)21-4/h5-9,11,13,19H,10H2,1-4H3. The van der Waals surface area contributed by atoms with Crippen LogP contribution in [0.2, 0.25) is 0 Å². The van der Waals surface area contributed by atoms with Crippen LogP contribution < -0.4 is 9.47 Å². The van der Waals surface area contributed by atoms with Gasteiger partial charge in [-0.25, -0.2) is 4.98 Å². The van der Waals surface area contributed by atoms with Crippen molar-refractivity contribution in [3.05, 3.63) is 42.0 Å². The van der Waals surface area contributed by atoms with Crippen LogP contribution in [0.3, 0.4) is 0 Å². The van der Waals surface area contributed by atoms with Gasteiger partial charge in [0, 0.05) is 18.3 Å². The Labute approximate surface area is 125 Å². The molecule has 0 spiro atoms. The quantitative estimate of drug-likeness (QED) is 0.888. The first-order chi connectivity index (χ1) is 10.1. The minimum Gasteiger partial charge on any atom is -0.493 e. The third kappa shape index (κ3) is 3.36. The van der Waals surface area contributed by atoms with E-state index >= 15 is 0 Å². The van der Waals surface area contributed by atoms with Gasteiger partial charge in [-0.05, 0) is 17.7 Å². The number of nitrogens with zero attached hydrogens (tertiary/aromatic N) is 2. The summed E-state index contributed by atoms with van der Waals surface area (Å²) in [5.41, 5.74) is 0.788. The molecular weight excluding hydrogens is 268 g/mol. The molecule has 1 aromatic carbocycles. The number of methoxy groups -OCH3 is 2. The van der Waals surface area contributed by atoms with Gasteiger partial charge in [0.05, 0.1) is 26.9 Å². The molecule has 1 heterocycles. The Morgan fingerprint density at radius 1 is 1.19 bits per heavy atom. The van der Waals surface area contributed by atoms with E-state index in [0.29, 0.717) is 24.0 Å². The number of hydrogen-bond acceptors (Lipinski definition) is 4. The summed E-state index contributed by atoms with van der Waals surface area (Å²) in [6, 6.07) is 5.45. The molecule has 0 radical (unpaired) electrons. The summed E-state index contributed by atoms with van der Waals surface area (Å²) >= 11 is 0. The molecule has 0 aliphatic rings. The Morgan fingerprint density at radius 3 is 2.52 bits per heavy atom. The topological polar surface area (TPSA) is 56.5 Å². The van der Waals surface area contributed by atoms with Crippen LogP contribution in [-0.4, -0.2) is 28.9 Å². The number of ether oxygens (including phenoxy) is 2. The van der Waals surface area contributed by atoms with E-state index in [1.807, 2.05) is 16.8 Å². The lowest BCUT2D eigenvalue weighted by molar-refractivity contribution is 0.154.